The van der Waals surface area contributed by atoms with Gasteiger partial charge < -0.3 is 0 Å². The maximum atomic E-state index is 2.44. The summed E-state index contributed by atoms with van der Waals surface area (Å²) < 4.78 is 4.76. The Balaban J connectivity index is 1.69. The van der Waals surface area contributed by atoms with Crippen LogP contribution in [0.15, 0.2) is 59.7 Å². The number of benzene rings is 2. The van der Waals surface area contributed by atoms with Crippen LogP contribution in [-0.2, 0) is 20.0 Å². The molecule has 2 atom stereocenters. The predicted octanol–water partition coefficient (Wildman–Crippen LogP) is 7.09. The van der Waals surface area contributed by atoms with Crippen LogP contribution in [0.2, 0.25) is 8.35 Å². The van der Waals surface area contributed by atoms with E-state index < -0.39 is 20.0 Å². The molecule has 1 fully saturated rings. The van der Waals surface area contributed by atoms with Gasteiger partial charge in [0.25, 0.3) is 0 Å². The van der Waals surface area contributed by atoms with Gasteiger partial charge in [-0.25, -0.2) is 0 Å². The van der Waals surface area contributed by atoms with Crippen molar-refractivity contribution in [2.75, 3.05) is 0 Å². The molecule has 0 spiro atoms. The molecule has 2 aliphatic carbocycles. The van der Waals surface area contributed by atoms with Crippen molar-refractivity contribution in [1.29, 1.82) is 0 Å². The van der Waals surface area contributed by atoms with E-state index in [9.17, 15) is 0 Å². The Labute approximate surface area is 156 Å². The molecular formula is C24H26Hf. The number of fused-ring (bicyclic) bond motifs is 2. The third-order valence-electron chi connectivity index (χ3n) is 7.38. The summed E-state index contributed by atoms with van der Waals surface area (Å²) >= 11 is -2.50. The number of hydrogen-bond donors (Lipinski definition) is 0. The molecule has 2 aromatic rings. The third-order valence-corrected chi connectivity index (χ3v) is 26.9. The first-order valence-electron chi connectivity index (χ1n) is 9.59. The summed E-state index contributed by atoms with van der Waals surface area (Å²) in [6.45, 7) is 9.59. The van der Waals surface area contributed by atoms with Gasteiger partial charge in [-0.1, -0.05) is 0 Å². The van der Waals surface area contributed by atoms with Crippen LogP contribution < -0.4 is 0 Å². The van der Waals surface area contributed by atoms with Gasteiger partial charge in [-0.05, 0) is 0 Å². The van der Waals surface area contributed by atoms with E-state index in [1.54, 1.807) is 52.9 Å². The summed E-state index contributed by atoms with van der Waals surface area (Å²) in [6.07, 6.45) is 0. The van der Waals surface area contributed by atoms with E-state index in [1.807, 2.05) is 0 Å². The SMILES string of the molecule is CC1=C(C)[CH]([Hf]2([CH]3C(C)=C(C)c4ccccc43)[CH2][CH2]2)c2ccccc21. The van der Waals surface area contributed by atoms with Crippen LogP contribution >= 0.6 is 0 Å². The van der Waals surface area contributed by atoms with Crippen molar-refractivity contribution in [2.45, 2.75) is 43.4 Å². The van der Waals surface area contributed by atoms with Gasteiger partial charge in [-0.2, -0.15) is 0 Å². The summed E-state index contributed by atoms with van der Waals surface area (Å²) in [4.78, 5) is 0. The monoisotopic (exact) mass is 494 g/mol. The summed E-state index contributed by atoms with van der Waals surface area (Å²) in [6, 6.07) is 18.5. The van der Waals surface area contributed by atoms with Crippen LogP contribution in [0.1, 0.15) is 57.3 Å². The van der Waals surface area contributed by atoms with Crippen molar-refractivity contribution in [3.8, 4) is 0 Å². The second-order valence-electron chi connectivity index (χ2n) is 8.39. The average molecular weight is 493 g/mol. The predicted molar refractivity (Wildman–Crippen MR) is 105 cm³/mol. The average Bonchev–Trinajstić information content (AvgIpc) is 3.31. The zero-order valence-electron chi connectivity index (χ0n) is 15.7. The van der Waals surface area contributed by atoms with Gasteiger partial charge in [0.2, 0.25) is 0 Å². The topological polar surface area (TPSA) is 0 Å². The van der Waals surface area contributed by atoms with Gasteiger partial charge in [-0.3, -0.25) is 0 Å². The Morgan fingerprint density at radius 2 is 1.04 bits per heavy atom. The Bertz CT molecular complexity index is 880. The zero-order chi connectivity index (χ0) is 17.3. The summed E-state index contributed by atoms with van der Waals surface area (Å²) in [5, 5.41) is 0. The molecule has 1 heterocycles. The van der Waals surface area contributed by atoms with E-state index >= 15 is 0 Å². The normalized spacial score (nSPS) is 26.1. The van der Waals surface area contributed by atoms with E-state index in [2.05, 4.69) is 76.2 Å². The van der Waals surface area contributed by atoms with Gasteiger partial charge in [0.05, 0.1) is 0 Å². The molecule has 0 amide bonds. The Morgan fingerprint density at radius 1 is 0.640 bits per heavy atom. The summed E-state index contributed by atoms with van der Waals surface area (Å²) in [5.74, 6) is 0. The molecule has 2 unspecified atom stereocenters. The molecule has 126 valence electrons. The summed E-state index contributed by atoms with van der Waals surface area (Å²) in [5.41, 5.74) is 13.0. The van der Waals surface area contributed by atoms with E-state index in [0.29, 0.717) is 0 Å². The maximum absolute atomic E-state index is 2.50. The van der Waals surface area contributed by atoms with Crippen LogP contribution in [0.4, 0.5) is 0 Å². The van der Waals surface area contributed by atoms with Gasteiger partial charge in [0.15, 0.2) is 0 Å². The van der Waals surface area contributed by atoms with E-state index in [-0.39, 0.29) is 0 Å². The second kappa shape index (κ2) is 5.39. The molecular weight excluding hydrogens is 467 g/mol. The van der Waals surface area contributed by atoms with Crippen LogP contribution in [0.25, 0.3) is 11.1 Å². The fourth-order valence-electron chi connectivity index (χ4n) is 5.87. The van der Waals surface area contributed by atoms with Crippen molar-refractivity contribution in [3.63, 3.8) is 0 Å². The molecule has 0 radical (unpaired) electrons. The van der Waals surface area contributed by atoms with Gasteiger partial charge >= 0.3 is 156 Å². The zero-order valence-corrected chi connectivity index (χ0v) is 19.3. The first kappa shape index (κ1) is 16.0. The second-order valence-corrected chi connectivity index (χ2v) is 25.0. The van der Waals surface area contributed by atoms with E-state index in [4.69, 9.17) is 0 Å². The molecule has 2 aromatic carbocycles. The van der Waals surface area contributed by atoms with Crippen LogP contribution in [0, 0.1) is 0 Å². The standard InChI is InChI=1S/2C11H11.C2H4.Hf/c2*1-8-7-10-5-3-4-6-11(10)9(8)2;1-2;/h2*3-7H,1-2H3;1-2H2;. The first-order chi connectivity index (χ1) is 12.1. The Morgan fingerprint density at radius 3 is 1.44 bits per heavy atom. The number of hydrogen-bond acceptors (Lipinski definition) is 0. The molecule has 0 bridgehead atoms. The van der Waals surface area contributed by atoms with Gasteiger partial charge in [0.1, 0.15) is 0 Å². The van der Waals surface area contributed by atoms with Crippen LogP contribution in [-0.4, -0.2) is 0 Å². The van der Waals surface area contributed by atoms with Gasteiger partial charge in [-0.15, -0.1) is 0 Å². The third kappa shape index (κ3) is 2.02. The van der Waals surface area contributed by atoms with Crippen molar-refractivity contribution in [1.82, 2.24) is 0 Å². The minimum atomic E-state index is -2.50. The molecule has 25 heavy (non-hydrogen) atoms. The number of rotatable bonds is 2. The molecule has 0 aromatic heterocycles. The molecule has 1 heteroatoms. The van der Waals surface area contributed by atoms with Crippen molar-refractivity contribution >= 4 is 11.1 Å². The Hall–Kier alpha value is -1.21. The molecule has 5 rings (SSSR count). The molecule has 0 nitrogen and oxygen atoms in total. The molecule has 0 N–H and O–H groups in total. The van der Waals surface area contributed by atoms with Crippen LogP contribution in [0.5, 0.6) is 0 Å². The summed E-state index contributed by atoms with van der Waals surface area (Å²) in [7, 11) is 0. The molecule has 1 aliphatic heterocycles. The minimum absolute atomic E-state index is 0.808. The molecule has 1 saturated heterocycles. The Kier molecular flexibility index (Phi) is 3.45. The fourth-order valence-corrected chi connectivity index (χ4v) is 34.8. The first-order valence-corrected chi connectivity index (χ1v) is 18.8. The van der Waals surface area contributed by atoms with Crippen molar-refractivity contribution in [2.24, 2.45) is 0 Å². The molecule has 3 aliphatic rings. The molecule has 0 saturated carbocycles. The fraction of sp³-hybridized carbons (Fsp3) is 0.333. The van der Waals surface area contributed by atoms with Crippen LogP contribution in [0.3, 0.4) is 0 Å². The van der Waals surface area contributed by atoms with E-state index in [0.717, 1.165) is 7.35 Å². The quantitative estimate of drug-likeness (QED) is 0.393. The van der Waals surface area contributed by atoms with Crippen molar-refractivity contribution < 1.29 is 20.0 Å². The van der Waals surface area contributed by atoms with Crippen molar-refractivity contribution in [3.05, 3.63) is 81.9 Å². The van der Waals surface area contributed by atoms with Gasteiger partial charge in [0, 0.05) is 0 Å². The number of allylic oxidation sites excluding steroid dienone is 4. The van der Waals surface area contributed by atoms with E-state index in [1.165, 1.54) is 0 Å².